The van der Waals surface area contributed by atoms with Gasteiger partial charge in [0.05, 0.1) is 0 Å². The minimum Gasteiger partial charge on any atom is -0.408 e. The van der Waals surface area contributed by atoms with Crippen molar-refractivity contribution in [2.45, 2.75) is 27.7 Å². The van der Waals surface area contributed by atoms with Crippen molar-refractivity contribution in [1.82, 2.24) is 0 Å². The summed E-state index contributed by atoms with van der Waals surface area (Å²) in [4.78, 5) is 0. The smallest absolute Gasteiger partial charge is 0.140 e. The second-order valence-electron chi connectivity index (χ2n) is 4.39. The third kappa shape index (κ3) is 4.00. The standard InChI is InChI=1S/C13H16O/c1-11-5-7-12(8-6-11)14-10-9-13(2,3)4/h5-8H,1-4H3. The molecular weight excluding hydrogens is 172 g/mol. The van der Waals surface area contributed by atoms with E-state index in [0.717, 1.165) is 5.75 Å². The second kappa shape index (κ2) is 4.19. The number of ether oxygens (including phenoxy) is 1. The maximum absolute atomic E-state index is 5.28. The Morgan fingerprint density at radius 2 is 1.64 bits per heavy atom. The Balaban J connectivity index is 2.61. The van der Waals surface area contributed by atoms with Gasteiger partial charge in [-0.05, 0) is 39.8 Å². The average molecular weight is 188 g/mol. The van der Waals surface area contributed by atoms with Gasteiger partial charge in [-0.25, -0.2) is 0 Å². The van der Waals surface area contributed by atoms with Crippen LogP contribution in [0, 0.1) is 24.4 Å². The van der Waals surface area contributed by atoms with Crippen LogP contribution in [0.15, 0.2) is 24.3 Å². The molecule has 0 spiro atoms. The van der Waals surface area contributed by atoms with Crippen LogP contribution in [0.25, 0.3) is 0 Å². The summed E-state index contributed by atoms with van der Waals surface area (Å²) in [7, 11) is 0. The van der Waals surface area contributed by atoms with Gasteiger partial charge >= 0.3 is 0 Å². The van der Waals surface area contributed by atoms with Gasteiger partial charge in [-0.3, -0.25) is 0 Å². The number of hydrogen-bond donors (Lipinski definition) is 0. The molecule has 0 bridgehead atoms. The summed E-state index contributed by atoms with van der Waals surface area (Å²) in [5.41, 5.74) is 1.21. The minimum atomic E-state index is -0.00923. The van der Waals surface area contributed by atoms with Gasteiger partial charge < -0.3 is 4.74 Å². The summed E-state index contributed by atoms with van der Waals surface area (Å²) in [5.74, 6) is 3.81. The molecule has 1 nitrogen and oxygen atoms in total. The lowest BCUT2D eigenvalue weighted by Gasteiger charge is -2.06. The van der Waals surface area contributed by atoms with E-state index in [-0.39, 0.29) is 5.41 Å². The first-order valence-corrected chi connectivity index (χ1v) is 4.73. The first-order chi connectivity index (χ1) is 6.47. The predicted octanol–water partition coefficient (Wildman–Crippen LogP) is 3.38. The van der Waals surface area contributed by atoms with E-state index in [1.165, 1.54) is 5.56 Å². The normalized spacial score (nSPS) is 10.3. The van der Waals surface area contributed by atoms with Gasteiger partial charge in [0.1, 0.15) is 11.9 Å². The molecule has 1 aromatic carbocycles. The maximum atomic E-state index is 5.28. The SMILES string of the molecule is Cc1ccc(OC#CC(C)(C)C)cc1. The third-order valence-corrected chi connectivity index (χ3v) is 1.62. The maximum Gasteiger partial charge on any atom is 0.140 e. The average Bonchev–Trinajstić information content (AvgIpc) is 2.06. The van der Waals surface area contributed by atoms with Crippen molar-refractivity contribution in [3.05, 3.63) is 29.8 Å². The molecule has 1 heteroatoms. The number of rotatable bonds is 1. The molecule has 1 aromatic rings. The molecule has 0 saturated carbocycles. The summed E-state index contributed by atoms with van der Waals surface area (Å²) >= 11 is 0. The van der Waals surface area contributed by atoms with Crippen molar-refractivity contribution in [2.24, 2.45) is 5.41 Å². The molecule has 14 heavy (non-hydrogen) atoms. The van der Waals surface area contributed by atoms with E-state index in [1.54, 1.807) is 0 Å². The summed E-state index contributed by atoms with van der Waals surface area (Å²) in [6.07, 6.45) is 2.71. The Bertz CT molecular complexity index is 344. The van der Waals surface area contributed by atoms with E-state index in [0.29, 0.717) is 0 Å². The lowest BCUT2D eigenvalue weighted by molar-refractivity contribution is 0.504. The van der Waals surface area contributed by atoms with Crippen LogP contribution in [-0.2, 0) is 0 Å². The van der Waals surface area contributed by atoms with E-state index in [4.69, 9.17) is 4.74 Å². The summed E-state index contributed by atoms with van der Waals surface area (Å²) in [6, 6.07) is 7.86. The van der Waals surface area contributed by atoms with Gasteiger partial charge in [0, 0.05) is 5.41 Å². The van der Waals surface area contributed by atoms with E-state index in [9.17, 15) is 0 Å². The highest BCUT2D eigenvalue weighted by Gasteiger charge is 2.03. The fraction of sp³-hybridized carbons (Fsp3) is 0.385. The molecule has 0 amide bonds. The topological polar surface area (TPSA) is 9.23 Å². The van der Waals surface area contributed by atoms with Crippen LogP contribution >= 0.6 is 0 Å². The van der Waals surface area contributed by atoms with Gasteiger partial charge in [-0.15, -0.1) is 0 Å². The summed E-state index contributed by atoms with van der Waals surface area (Å²) in [5, 5.41) is 0. The molecule has 0 aliphatic carbocycles. The molecular formula is C13H16O. The molecule has 0 aliphatic rings. The molecule has 0 aliphatic heterocycles. The van der Waals surface area contributed by atoms with Crippen molar-refractivity contribution < 1.29 is 4.74 Å². The van der Waals surface area contributed by atoms with Crippen LogP contribution < -0.4 is 4.74 Å². The Kier molecular flexibility index (Phi) is 3.19. The van der Waals surface area contributed by atoms with Crippen molar-refractivity contribution >= 4 is 0 Å². The van der Waals surface area contributed by atoms with Crippen LogP contribution in [-0.4, -0.2) is 0 Å². The van der Waals surface area contributed by atoms with Gasteiger partial charge in [-0.2, -0.15) is 0 Å². The molecule has 0 N–H and O–H groups in total. The van der Waals surface area contributed by atoms with Crippen LogP contribution in [0.4, 0.5) is 0 Å². The number of hydrogen-bond acceptors (Lipinski definition) is 1. The highest BCUT2D eigenvalue weighted by Crippen LogP contribution is 2.12. The zero-order valence-electron chi connectivity index (χ0n) is 9.22. The molecule has 0 atom stereocenters. The van der Waals surface area contributed by atoms with Crippen LogP contribution in [0.3, 0.4) is 0 Å². The lowest BCUT2D eigenvalue weighted by atomic mass is 9.99. The Labute approximate surface area is 86.1 Å². The zero-order valence-corrected chi connectivity index (χ0v) is 9.22. The predicted molar refractivity (Wildman–Crippen MR) is 59.0 cm³/mol. The fourth-order valence-corrected chi connectivity index (χ4v) is 0.844. The first-order valence-electron chi connectivity index (χ1n) is 4.73. The van der Waals surface area contributed by atoms with E-state index in [2.05, 4.69) is 32.8 Å². The van der Waals surface area contributed by atoms with E-state index in [1.807, 2.05) is 31.2 Å². The van der Waals surface area contributed by atoms with Crippen LogP contribution in [0.2, 0.25) is 0 Å². The van der Waals surface area contributed by atoms with Gasteiger partial charge in [0.25, 0.3) is 0 Å². The highest BCUT2D eigenvalue weighted by molar-refractivity contribution is 5.27. The van der Waals surface area contributed by atoms with Crippen molar-refractivity contribution in [3.63, 3.8) is 0 Å². The van der Waals surface area contributed by atoms with E-state index < -0.39 is 0 Å². The number of benzene rings is 1. The molecule has 0 saturated heterocycles. The Morgan fingerprint density at radius 1 is 1.07 bits per heavy atom. The van der Waals surface area contributed by atoms with Crippen molar-refractivity contribution in [3.8, 4) is 17.8 Å². The molecule has 0 fully saturated rings. The van der Waals surface area contributed by atoms with Crippen LogP contribution in [0.5, 0.6) is 5.75 Å². The van der Waals surface area contributed by atoms with Gasteiger partial charge in [-0.1, -0.05) is 23.6 Å². The molecule has 1 rings (SSSR count). The Hall–Kier alpha value is -1.42. The lowest BCUT2D eigenvalue weighted by Crippen LogP contribution is -2.00. The van der Waals surface area contributed by atoms with Crippen molar-refractivity contribution in [2.75, 3.05) is 0 Å². The highest BCUT2D eigenvalue weighted by atomic mass is 16.5. The molecule has 0 aromatic heterocycles. The fourth-order valence-electron chi connectivity index (χ4n) is 0.844. The minimum absolute atomic E-state index is 0.00923. The van der Waals surface area contributed by atoms with Crippen LogP contribution in [0.1, 0.15) is 26.3 Å². The summed E-state index contributed by atoms with van der Waals surface area (Å²) < 4.78 is 5.28. The molecule has 0 heterocycles. The quantitative estimate of drug-likeness (QED) is 0.614. The second-order valence-corrected chi connectivity index (χ2v) is 4.39. The van der Waals surface area contributed by atoms with Gasteiger partial charge in [0.15, 0.2) is 0 Å². The largest absolute Gasteiger partial charge is 0.408 e. The number of aryl methyl sites for hydroxylation is 1. The first kappa shape index (κ1) is 10.7. The van der Waals surface area contributed by atoms with E-state index >= 15 is 0 Å². The molecule has 74 valence electrons. The van der Waals surface area contributed by atoms with Gasteiger partial charge in [0.2, 0.25) is 0 Å². The zero-order chi connectivity index (χ0) is 10.6. The molecule has 0 unspecified atom stereocenters. The monoisotopic (exact) mass is 188 g/mol. The Morgan fingerprint density at radius 3 is 2.14 bits per heavy atom. The third-order valence-electron chi connectivity index (χ3n) is 1.62. The van der Waals surface area contributed by atoms with Crippen molar-refractivity contribution in [1.29, 1.82) is 0 Å². The summed E-state index contributed by atoms with van der Waals surface area (Å²) in [6.45, 7) is 8.21. The molecule has 0 radical (unpaired) electrons.